The quantitative estimate of drug-likeness (QED) is 0.813. The van der Waals surface area contributed by atoms with E-state index in [1.807, 2.05) is 29.2 Å². The number of amides is 1. The van der Waals surface area contributed by atoms with Crippen molar-refractivity contribution in [2.45, 2.75) is 0 Å². The highest BCUT2D eigenvalue weighted by atomic mass is 35.5. The molecule has 1 aliphatic rings. The summed E-state index contributed by atoms with van der Waals surface area (Å²) in [7, 11) is 0. The van der Waals surface area contributed by atoms with Gasteiger partial charge in [0.25, 0.3) is 5.91 Å². The van der Waals surface area contributed by atoms with Crippen molar-refractivity contribution in [3.63, 3.8) is 0 Å². The highest BCUT2D eigenvalue weighted by Crippen LogP contribution is 2.15. The number of H-pyrrole nitrogens is 1. The second-order valence-corrected chi connectivity index (χ2v) is 6.69. The summed E-state index contributed by atoms with van der Waals surface area (Å²) in [5.74, 6) is 0.815. The number of pyridine rings is 1. The Morgan fingerprint density at radius 3 is 2.56 bits per heavy atom. The molecular weight excluding hydrogens is 358 g/mol. The Morgan fingerprint density at radius 1 is 1.16 bits per heavy atom. The fourth-order valence-corrected chi connectivity index (χ4v) is 3.11. The molecule has 1 saturated heterocycles. The number of piperazine rings is 1. The summed E-state index contributed by atoms with van der Waals surface area (Å²) < 4.78 is 6.22. The molecule has 3 rings (SSSR count). The minimum Gasteiger partial charge on any atom is -0.492 e. The lowest BCUT2D eigenvalue weighted by atomic mass is 10.2. The highest BCUT2D eigenvalue weighted by molar-refractivity contribution is 7.71. The molecule has 0 unspecified atom stereocenters. The van der Waals surface area contributed by atoms with Gasteiger partial charge in [0.05, 0.1) is 5.56 Å². The molecular formula is C18H20ClN3O2S. The number of halogens is 1. The number of carbonyl (C=O) groups excluding carboxylic acids is 1. The second kappa shape index (κ2) is 8.47. The first-order valence-electron chi connectivity index (χ1n) is 8.21. The van der Waals surface area contributed by atoms with Crippen LogP contribution in [0.1, 0.15) is 10.4 Å². The van der Waals surface area contributed by atoms with Gasteiger partial charge in [0, 0.05) is 43.9 Å². The molecule has 25 heavy (non-hydrogen) atoms. The molecule has 1 N–H and O–H groups in total. The van der Waals surface area contributed by atoms with Gasteiger partial charge in [0.15, 0.2) is 0 Å². The third-order valence-corrected chi connectivity index (χ3v) is 4.79. The number of hydrogen-bond donors (Lipinski definition) is 1. The van der Waals surface area contributed by atoms with Crippen molar-refractivity contribution in [3.05, 3.63) is 57.8 Å². The summed E-state index contributed by atoms with van der Waals surface area (Å²) in [4.78, 5) is 19.6. The second-order valence-electron chi connectivity index (χ2n) is 5.85. The lowest BCUT2D eigenvalue weighted by Crippen LogP contribution is -2.49. The van der Waals surface area contributed by atoms with Crippen LogP contribution in [-0.4, -0.2) is 60.0 Å². The molecule has 1 amide bonds. The SMILES string of the molecule is O=C(c1ccc[nH]c1=S)N1CCN(CCOc2ccc(Cl)cc2)CC1. The molecule has 2 heterocycles. The van der Waals surface area contributed by atoms with E-state index >= 15 is 0 Å². The Morgan fingerprint density at radius 2 is 1.88 bits per heavy atom. The van der Waals surface area contributed by atoms with Gasteiger partial charge in [0.1, 0.15) is 17.0 Å². The molecule has 0 spiro atoms. The van der Waals surface area contributed by atoms with E-state index in [0.717, 1.165) is 25.4 Å². The van der Waals surface area contributed by atoms with Crippen molar-refractivity contribution in [2.75, 3.05) is 39.3 Å². The summed E-state index contributed by atoms with van der Waals surface area (Å²) in [6.45, 7) is 4.50. The zero-order valence-corrected chi connectivity index (χ0v) is 15.4. The van der Waals surface area contributed by atoms with Crippen molar-refractivity contribution in [3.8, 4) is 5.75 Å². The van der Waals surface area contributed by atoms with Crippen LogP contribution in [0.25, 0.3) is 0 Å². The predicted octanol–water partition coefficient (Wildman–Crippen LogP) is 3.23. The van der Waals surface area contributed by atoms with Crippen LogP contribution in [0, 0.1) is 4.64 Å². The van der Waals surface area contributed by atoms with Crippen LogP contribution in [0.15, 0.2) is 42.6 Å². The average Bonchev–Trinajstić information content (AvgIpc) is 2.64. The summed E-state index contributed by atoms with van der Waals surface area (Å²) in [5, 5.41) is 0.700. The number of carbonyl (C=O) groups is 1. The van der Waals surface area contributed by atoms with Crippen molar-refractivity contribution >= 4 is 29.7 Å². The number of aromatic nitrogens is 1. The van der Waals surface area contributed by atoms with Gasteiger partial charge in [-0.2, -0.15) is 0 Å². The largest absolute Gasteiger partial charge is 0.492 e. The van der Waals surface area contributed by atoms with Crippen molar-refractivity contribution in [2.24, 2.45) is 0 Å². The molecule has 5 nitrogen and oxygen atoms in total. The predicted molar refractivity (Wildman–Crippen MR) is 101 cm³/mol. The van der Waals surface area contributed by atoms with Gasteiger partial charge in [-0.1, -0.05) is 23.8 Å². The van der Waals surface area contributed by atoms with Gasteiger partial charge >= 0.3 is 0 Å². The van der Waals surface area contributed by atoms with E-state index < -0.39 is 0 Å². The number of hydrogen-bond acceptors (Lipinski definition) is 4. The number of nitrogens with zero attached hydrogens (tertiary/aromatic N) is 2. The van der Waals surface area contributed by atoms with Gasteiger partial charge in [-0.05, 0) is 36.4 Å². The van der Waals surface area contributed by atoms with Crippen LogP contribution in [0.5, 0.6) is 5.75 Å². The first-order chi connectivity index (χ1) is 12.1. The zero-order valence-electron chi connectivity index (χ0n) is 13.8. The van der Waals surface area contributed by atoms with Crippen molar-refractivity contribution < 1.29 is 9.53 Å². The molecule has 1 aromatic heterocycles. The number of aromatic amines is 1. The first kappa shape index (κ1) is 17.9. The fraction of sp³-hybridized carbons (Fsp3) is 0.333. The Labute approximate surface area is 157 Å². The maximum atomic E-state index is 12.5. The standard InChI is InChI=1S/C18H20ClN3O2S/c19-14-3-5-15(6-4-14)24-13-12-21-8-10-22(11-9-21)18(23)16-2-1-7-20-17(16)25/h1-7H,8-13H2,(H,20,25). The molecule has 0 aliphatic carbocycles. The molecule has 1 fully saturated rings. The molecule has 1 aliphatic heterocycles. The minimum atomic E-state index is -0.00101. The molecule has 1 aromatic carbocycles. The Kier molecular flexibility index (Phi) is 6.07. The summed E-state index contributed by atoms with van der Waals surface area (Å²) in [6, 6.07) is 10.9. The topological polar surface area (TPSA) is 48.6 Å². The Hall–Kier alpha value is -1.89. The molecule has 132 valence electrons. The van der Waals surface area contributed by atoms with Gasteiger partial charge in [-0.15, -0.1) is 0 Å². The van der Waals surface area contributed by atoms with E-state index in [-0.39, 0.29) is 5.91 Å². The lowest BCUT2D eigenvalue weighted by Gasteiger charge is -2.34. The van der Waals surface area contributed by atoms with Gasteiger partial charge in [0.2, 0.25) is 0 Å². The van der Waals surface area contributed by atoms with Gasteiger partial charge in [-0.3, -0.25) is 9.69 Å². The summed E-state index contributed by atoms with van der Waals surface area (Å²) in [6.07, 6.45) is 1.73. The lowest BCUT2D eigenvalue weighted by molar-refractivity contribution is 0.0619. The first-order valence-corrected chi connectivity index (χ1v) is 9.00. The number of benzene rings is 1. The van der Waals surface area contributed by atoms with Crippen LogP contribution in [-0.2, 0) is 0 Å². The van der Waals surface area contributed by atoms with Crippen molar-refractivity contribution in [1.82, 2.24) is 14.8 Å². The summed E-state index contributed by atoms with van der Waals surface area (Å²) in [5.41, 5.74) is 0.567. The smallest absolute Gasteiger partial charge is 0.256 e. The minimum absolute atomic E-state index is 0.00101. The number of nitrogens with one attached hydrogen (secondary N) is 1. The van der Waals surface area contributed by atoms with E-state index in [9.17, 15) is 4.79 Å². The third kappa shape index (κ3) is 4.81. The highest BCUT2D eigenvalue weighted by Gasteiger charge is 2.22. The summed E-state index contributed by atoms with van der Waals surface area (Å²) >= 11 is 11.1. The normalized spacial score (nSPS) is 15.2. The molecule has 0 radical (unpaired) electrons. The van der Waals surface area contributed by atoms with E-state index in [4.69, 9.17) is 28.6 Å². The maximum Gasteiger partial charge on any atom is 0.256 e. The van der Waals surface area contributed by atoms with Gasteiger partial charge < -0.3 is 14.6 Å². The number of rotatable bonds is 5. The fourth-order valence-electron chi connectivity index (χ4n) is 2.76. The van der Waals surface area contributed by atoms with E-state index in [1.165, 1.54) is 0 Å². The molecule has 0 atom stereocenters. The van der Waals surface area contributed by atoms with Crippen LogP contribution in [0.3, 0.4) is 0 Å². The van der Waals surface area contributed by atoms with Crippen molar-refractivity contribution in [1.29, 1.82) is 0 Å². The average molecular weight is 378 g/mol. The molecule has 0 saturated carbocycles. The Balaban J connectivity index is 1.44. The third-order valence-electron chi connectivity index (χ3n) is 4.20. The van der Waals surface area contributed by atoms with E-state index in [1.54, 1.807) is 18.3 Å². The molecule has 0 bridgehead atoms. The van der Waals surface area contributed by atoms with Crippen LogP contribution >= 0.6 is 23.8 Å². The van der Waals surface area contributed by atoms with E-state index in [0.29, 0.717) is 34.9 Å². The van der Waals surface area contributed by atoms with E-state index in [2.05, 4.69) is 9.88 Å². The van der Waals surface area contributed by atoms with Crippen LogP contribution in [0.4, 0.5) is 0 Å². The maximum absolute atomic E-state index is 12.5. The monoisotopic (exact) mass is 377 g/mol. The van der Waals surface area contributed by atoms with Crippen LogP contribution in [0.2, 0.25) is 5.02 Å². The molecule has 2 aromatic rings. The molecule has 7 heteroatoms. The van der Waals surface area contributed by atoms with Crippen LogP contribution < -0.4 is 4.74 Å². The number of ether oxygens (including phenoxy) is 1. The Bertz CT molecular complexity index is 770. The van der Waals surface area contributed by atoms with Gasteiger partial charge in [-0.25, -0.2) is 0 Å². The zero-order chi connectivity index (χ0) is 17.6.